The normalized spacial score (nSPS) is 10.3. The first-order valence-electron chi connectivity index (χ1n) is 8.84. The summed E-state index contributed by atoms with van der Waals surface area (Å²) in [6.07, 6.45) is 0. The standard InChI is InChI=1S/C21H20FN3O4/c1-27-17-4-3-5-18(28-2)20(17)21(26)23-12-13-29-19-11-10-16(24-25-19)14-6-8-15(22)9-7-14/h3-11H,12-13H2,1-2H3,(H,23,26). The summed E-state index contributed by atoms with van der Waals surface area (Å²) in [6.45, 7) is 0.454. The molecule has 0 atom stereocenters. The minimum Gasteiger partial charge on any atom is -0.496 e. The molecule has 150 valence electrons. The van der Waals surface area contributed by atoms with Crippen LogP contribution in [0.3, 0.4) is 0 Å². The summed E-state index contributed by atoms with van der Waals surface area (Å²) in [6, 6.07) is 14.5. The van der Waals surface area contributed by atoms with E-state index in [1.165, 1.54) is 26.4 Å². The van der Waals surface area contributed by atoms with Gasteiger partial charge < -0.3 is 19.5 Å². The number of nitrogens with one attached hydrogen (secondary N) is 1. The van der Waals surface area contributed by atoms with Crippen LogP contribution in [-0.4, -0.2) is 43.5 Å². The highest BCUT2D eigenvalue weighted by atomic mass is 19.1. The van der Waals surface area contributed by atoms with Crippen LogP contribution in [0.25, 0.3) is 11.3 Å². The Balaban J connectivity index is 1.53. The van der Waals surface area contributed by atoms with Crippen molar-refractivity contribution in [1.82, 2.24) is 15.5 Å². The van der Waals surface area contributed by atoms with Gasteiger partial charge in [0.05, 0.1) is 26.5 Å². The average molecular weight is 397 g/mol. The first-order chi connectivity index (χ1) is 14.1. The third-order valence-electron chi connectivity index (χ3n) is 4.07. The van der Waals surface area contributed by atoms with Crippen molar-refractivity contribution in [2.75, 3.05) is 27.4 Å². The summed E-state index contributed by atoms with van der Waals surface area (Å²) < 4.78 is 28.9. The number of amides is 1. The van der Waals surface area contributed by atoms with Crippen molar-refractivity contribution in [1.29, 1.82) is 0 Å². The Labute approximate surface area is 167 Å². The SMILES string of the molecule is COc1cccc(OC)c1C(=O)NCCOc1ccc(-c2ccc(F)cc2)nn1. The lowest BCUT2D eigenvalue weighted by Crippen LogP contribution is -2.29. The van der Waals surface area contributed by atoms with E-state index in [0.29, 0.717) is 28.6 Å². The number of methoxy groups -OCH3 is 2. The monoisotopic (exact) mass is 397 g/mol. The Bertz CT molecular complexity index is 940. The van der Waals surface area contributed by atoms with Crippen LogP contribution in [0.5, 0.6) is 17.4 Å². The summed E-state index contributed by atoms with van der Waals surface area (Å²) in [5, 5.41) is 10.8. The molecule has 0 unspecified atom stereocenters. The van der Waals surface area contributed by atoms with Crippen molar-refractivity contribution in [3.8, 4) is 28.6 Å². The van der Waals surface area contributed by atoms with Crippen molar-refractivity contribution in [3.05, 3.63) is 66.0 Å². The van der Waals surface area contributed by atoms with E-state index in [0.717, 1.165) is 5.56 Å². The van der Waals surface area contributed by atoms with Crippen molar-refractivity contribution in [2.45, 2.75) is 0 Å². The minimum absolute atomic E-state index is 0.202. The number of aromatic nitrogens is 2. The fourth-order valence-electron chi connectivity index (χ4n) is 2.66. The maximum atomic E-state index is 13.0. The van der Waals surface area contributed by atoms with E-state index in [4.69, 9.17) is 14.2 Å². The molecule has 7 nitrogen and oxygen atoms in total. The van der Waals surface area contributed by atoms with E-state index < -0.39 is 0 Å². The van der Waals surface area contributed by atoms with Gasteiger partial charge in [-0.3, -0.25) is 4.79 Å². The number of carbonyl (C=O) groups is 1. The molecule has 0 aliphatic carbocycles. The van der Waals surface area contributed by atoms with Gasteiger partial charge in [-0.2, -0.15) is 0 Å². The predicted molar refractivity (Wildman–Crippen MR) is 105 cm³/mol. The van der Waals surface area contributed by atoms with Crippen LogP contribution < -0.4 is 19.5 Å². The van der Waals surface area contributed by atoms with Crippen molar-refractivity contribution >= 4 is 5.91 Å². The van der Waals surface area contributed by atoms with E-state index in [-0.39, 0.29) is 24.9 Å². The molecule has 1 N–H and O–H groups in total. The second-order valence-electron chi connectivity index (χ2n) is 5.91. The van der Waals surface area contributed by atoms with Gasteiger partial charge in [0.2, 0.25) is 5.88 Å². The molecule has 29 heavy (non-hydrogen) atoms. The third kappa shape index (κ3) is 4.98. The number of nitrogens with zero attached hydrogens (tertiary/aromatic N) is 2. The molecule has 0 aliphatic rings. The summed E-state index contributed by atoms with van der Waals surface area (Å²) in [5.41, 5.74) is 1.68. The zero-order chi connectivity index (χ0) is 20.6. The molecule has 0 saturated heterocycles. The molecule has 3 aromatic rings. The Morgan fingerprint density at radius 3 is 2.24 bits per heavy atom. The molecule has 0 saturated carbocycles. The predicted octanol–water partition coefficient (Wildman–Crippen LogP) is 3.11. The Morgan fingerprint density at radius 2 is 1.66 bits per heavy atom. The van der Waals surface area contributed by atoms with Crippen LogP contribution in [0.15, 0.2) is 54.6 Å². The number of benzene rings is 2. The smallest absolute Gasteiger partial charge is 0.258 e. The van der Waals surface area contributed by atoms with Crippen molar-refractivity contribution in [2.24, 2.45) is 0 Å². The number of hydrogen-bond donors (Lipinski definition) is 1. The average Bonchev–Trinajstić information content (AvgIpc) is 2.77. The maximum absolute atomic E-state index is 13.0. The number of rotatable bonds is 8. The Hall–Kier alpha value is -3.68. The highest BCUT2D eigenvalue weighted by Crippen LogP contribution is 2.27. The lowest BCUT2D eigenvalue weighted by Gasteiger charge is -2.13. The zero-order valence-electron chi connectivity index (χ0n) is 16.0. The molecular formula is C21H20FN3O4. The maximum Gasteiger partial charge on any atom is 0.258 e. The molecular weight excluding hydrogens is 377 g/mol. The molecule has 1 heterocycles. The van der Waals surface area contributed by atoms with Gasteiger partial charge in [-0.25, -0.2) is 4.39 Å². The fourth-order valence-corrected chi connectivity index (χ4v) is 2.66. The van der Waals surface area contributed by atoms with Gasteiger partial charge >= 0.3 is 0 Å². The van der Waals surface area contributed by atoms with Crippen LogP contribution >= 0.6 is 0 Å². The van der Waals surface area contributed by atoms with Gasteiger partial charge in [0.25, 0.3) is 5.91 Å². The number of halogens is 1. The first kappa shape index (κ1) is 20.1. The highest BCUT2D eigenvalue weighted by molar-refractivity contribution is 5.99. The molecule has 2 aromatic carbocycles. The van der Waals surface area contributed by atoms with Gasteiger partial charge in [-0.15, -0.1) is 10.2 Å². The van der Waals surface area contributed by atoms with Gasteiger partial charge in [0.1, 0.15) is 29.5 Å². The van der Waals surface area contributed by atoms with Gasteiger partial charge in [0.15, 0.2) is 0 Å². The summed E-state index contributed by atoms with van der Waals surface area (Å²) in [7, 11) is 2.98. The summed E-state index contributed by atoms with van der Waals surface area (Å²) in [4.78, 5) is 12.5. The van der Waals surface area contributed by atoms with Crippen LogP contribution in [0.2, 0.25) is 0 Å². The molecule has 0 aliphatic heterocycles. The Morgan fingerprint density at radius 1 is 0.966 bits per heavy atom. The topological polar surface area (TPSA) is 82.6 Å². The van der Waals surface area contributed by atoms with Crippen molar-refractivity contribution < 1.29 is 23.4 Å². The lowest BCUT2D eigenvalue weighted by atomic mass is 10.1. The molecule has 8 heteroatoms. The largest absolute Gasteiger partial charge is 0.496 e. The molecule has 0 bridgehead atoms. The molecule has 0 fully saturated rings. The van der Waals surface area contributed by atoms with E-state index in [9.17, 15) is 9.18 Å². The number of ether oxygens (including phenoxy) is 3. The minimum atomic E-state index is -0.333. The molecule has 3 rings (SSSR count). The van der Waals surface area contributed by atoms with E-state index in [1.54, 1.807) is 42.5 Å². The van der Waals surface area contributed by atoms with Crippen LogP contribution in [0.1, 0.15) is 10.4 Å². The van der Waals surface area contributed by atoms with Gasteiger partial charge in [-0.1, -0.05) is 6.07 Å². The second-order valence-corrected chi connectivity index (χ2v) is 5.91. The van der Waals surface area contributed by atoms with Gasteiger partial charge in [0, 0.05) is 11.6 Å². The van der Waals surface area contributed by atoms with Gasteiger partial charge in [-0.05, 0) is 42.5 Å². The first-order valence-corrected chi connectivity index (χ1v) is 8.84. The lowest BCUT2D eigenvalue weighted by molar-refractivity contribution is 0.0940. The van der Waals surface area contributed by atoms with Crippen LogP contribution in [-0.2, 0) is 0 Å². The second kappa shape index (κ2) is 9.50. The number of hydrogen-bond acceptors (Lipinski definition) is 6. The zero-order valence-corrected chi connectivity index (χ0v) is 16.0. The van der Waals surface area contributed by atoms with Crippen LogP contribution in [0, 0.1) is 5.82 Å². The van der Waals surface area contributed by atoms with E-state index in [1.807, 2.05) is 0 Å². The molecule has 1 amide bonds. The highest BCUT2D eigenvalue weighted by Gasteiger charge is 2.17. The molecule has 1 aromatic heterocycles. The van der Waals surface area contributed by atoms with E-state index in [2.05, 4.69) is 15.5 Å². The molecule has 0 radical (unpaired) electrons. The summed E-state index contributed by atoms with van der Waals surface area (Å²) >= 11 is 0. The van der Waals surface area contributed by atoms with Crippen LogP contribution in [0.4, 0.5) is 4.39 Å². The quantitative estimate of drug-likeness (QED) is 0.588. The third-order valence-corrected chi connectivity index (χ3v) is 4.07. The Kier molecular flexibility index (Phi) is 6.57. The summed E-state index contributed by atoms with van der Waals surface area (Å²) in [5.74, 6) is 0.519. The fraction of sp³-hybridized carbons (Fsp3) is 0.190. The van der Waals surface area contributed by atoms with Crippen molar-refractivity contribution in [3.63, 3.8) is 0 Å². The molecule has 0 spiro atoms. The number of carbonyl (C=O) groups excluding carboxylic acids is 1. The van der Waals surface area contributed by atoms with E-state index >= 15 is 0 Å².